The first-order chi connectivity index (χ1) is 13.9. The van der Waals surface area contributed by atoms with E-state index >= 15 is 0 Å². The summed E-state index contributed by atoms with van der Waals surface area (Å²) in [6, 6.07) is 11.9. The van der Waals surface area contributed by atoms with Crippen molar-refractivity contribution < 1.29 is 19.2 Å². The molecule has 2 aromatic carbocycles. The summed E-state index contributed by atoms with van der Waals surface area (Å²) in [5.41, 5.74) is 7.09. The Morgan fingerprint density at radius 1 is 1.10 bits per heavy atom. The van der Waals surface area contributed by atoms with Crippen LogP contribution in [0.25, 0.3) is 5.57 Å². The number of benzene rings is 2. The highest BCUT2D eigenvalue weighted by Gasteiger charge is 2.18. The van der Waals surface area contributed by atoms with Gasteiger partial charge in [-0.2, -0.15) is 0 Å². The average molecular weight is 413 g/mol. The summed E-state index contributed by atoms with van der Waals surface area (Å²) in [5, 5.41) is 8.91. The largest absolute Gasteiger partial charge is 0.612 e. The van der Waals surface area contributed by atoms with Crippen molar-refractivity contribution in [1.29, 1.82) is 0 Å². The topological polar surface area (TPSA) is 69.6 Å². The van der Waals surface area contributed by atoms with Crippen LogP contribution in [-0.4, -0.2) is 28.5 Å². The molecule has 1 aliphatic rings. The lowest BCUT2D eigenvalue weighted by molar-refractivity contribution is -0.136. The minimum atomic E-state index is -0.960. The highest BCUT2D eigenvalue weighted by molar-refractivity contribution is 7.90. The van der Waals surface area contributed by atoms with Gasteiger partial charge in [0.25, 0.3) is 0 Å². The van der Waals surface area contributed by atoms with Gasteiger partial charge in [0.15, 0.2) is 4.90 Å². The van der Waals surface area contributed by atoms with Crippen molar-refractivity contribution in [3.8, 4) is 5.75 Å². The number of carboxylic acids is 1. The Morgan fingerprint density at radius 2 is 1.83 bits per heavy atom. The molecule has 154 valence electrons. The third-order valence-electron chi connectivity index (χ3n) is 5.73. The van der Waals surface area contributed by atoms with Crippen LogP contribution in [0.3, 0.4) is 0 Å². The summed E-state index contributed by atoms with van der Waals surface area (Å²) in [4.78, 5) is 11.7. The quantitative estimate of drug-likeness (QED) is 0.614. The minimum absolute atomic E-state index is 0.140. The van der Waals surface area contributed by atoms with E-state index in [9.17, 15) is 9.35 Å². The minimum Gasteiger partial charge on any atom is -0.612 e. The van der Waals surface area contributed by atoms with E-state index in [0.717, 1.165) is 46.6 Å². The van der Waals surface area contributed by atoms with E-state index in [-0.39, 0.29) is 6.42 Å². The molecule has 0 saturated heterocycles. The second-order valence-corrected chi connectivity index (χ2v) is 8.95. The number of carboxylic acid groups (broad SMARTS) is 1. The van der Waals surface area contributed by atoms with Gasteiger partial charge in [-0.3, -0.25) is 4.79 Å². The fraction of sp³-hybridized carbons (Fsp3) is 0.375. The monoisotopic (exact) mass is 412 g/mol. The average Bonchev–Trinajstić information content (AvgIpc) is 3.17. The molecule has 1 unspecified atom stereocenters. The molecule has 0 aliphatic heterocycles. The van der Waals surface area contributed by atoms with Crippen LogP contribution >= 0.6 is 0 Å². The maximum Gasteiger partial charge on any atom is 0.303 e. The molecule has 0 heterocycles. The molecule has 0 radical (unpaired) electrons. The van der Waals surface area contributed by atoms with Crippen molar-refractivity contribution >= 4 is 22.7 Å². The first-order valence-corrected chi connectivity index (χ1v) is 11.5. The molecule has 2 aromatic rings. The lowest BCUT2D eigenvalue weighted by atomic mass is 9.99. The number of hydrogen-bond acceptors (Lipinski definition) is 3. The van der Waals surface area contributed by atoms with Crippen LogP contribution in [0.1, 0.15) is 47.9 Å². The fourth-order valence-corrected chi connectivity index (χ4v) is 4.37. The van der Waals surface area contributed by atoms with Gasteiger partial charge in [-0.15, -0.1) is 0 Å². The second-order valence-electron chi connectivity index (χ2n) is 7.57. The zero-order valence-corrected chi connectivity index (χ0v) is 18.1. The molecule has 29 heavy (non-hydrogen) atoms. The third-order valence-corrected chi connectivity index (χ3v) is 6.66. The summed E-state index contributed by atoms with van der Waals surface area (Å²) in [7, 11) is 0. The van der Waals surface area contributed by atoms with Gasteiger partial charge in [-0.25, -0.2) is 0 Å². The summed E-state index contributed by atoms with van der Waals surface area (Å²) in [5.74, 6) is 0.0818. The van der Waals surface area contributed by atoms with Crippen molar-refractivity contribution in [2.75, 3.05) is 12.9 Å². The zero-order chi connectivity index (χ0) is 21.0. The molecule has 0 saturated carbocycles. The van der Waals surface area contributed by atoms with Gasteiger partial charge in [0.05, 0.1) is 0 Å². The van der Waals surface area contributed by atoms with Gasteiger partial charge in [0.1, 0.15) is 18.6 Å². The normalized spacial score (nSPS) is 14.9. The Morgan fingerprint density at radius 3 is 2.48 bits per heavy atom. The lowest BCUT2D eigenvalue weighted by Gasteiger charge is -2.16. The van der Waals surface area contributed by atoms with Gasteiger partial charge >= 0.3 is 5.97 Å². The van der Waals surface area contributed by atoms with Crippen LogP contribution in [-0.2, 0) is 22.4 Å². The van der Waals surface area contributed by atoms with Crippen molar-refractivity contribution in [2.24, 2.45) is 0 Å². The van der Waals surface area contributed by atoms with E-state index in [0.29, 0.717) is 13.0 Å². The van der Waals surface area contributed by atoms with E-state index in [1.807, 2.05) is 38.1 Å². The van der Waals surface area contributed by atoms with Gasteiger partial charge < -0.3 is 14.4 Å². The summed E-state index contributed by atoms with van der Waals surface area (Å²) in [6.07, 6.45) is 5.57. The van der Waals surface area contributed by atoms with Gasteiger partial charge in [-0.05, 0) is 114 Å². The molecular weight excluding hydrogens is 384 g/mol. The van der Waals surface area contributed by atoms with Crippen LogP contribution in [0.15, 0.2) is 46.9 Å². The van der Waals surface area contributed by atoms with Crippen LogP contribution in [0.4, 0.5) is 0 Å². The van der Waals surface area contributed by atoms with Crippen molar-refractivity contribution in [2.45, 2.75) is 50.8 Å². The van der Waals surface area contributed by atoms with E-state index in [4.69, 9.17) is 9.84 Å². The maximum atomic E-state index is 11.6. The first-order valence-electron chi connectivity index (χ1n) is 9.95. The van der Waals surface area contributed by atoms with Gasteiger partial charge in [0, 0.05) is 6.42 Å². The van der Waals surface area contributed by atoms with E-state index < -0.39 is 17.1 Å². The Balaban J connectivity index is 1.73. The van der Waals surface area contributed by atoms with E-state index in [1.54, 1.807) is 6.26 Å². The number of allylic oxidation sites excluding steroid dienone is 1. The SMILES string of the molecule is Cc1c(CCC(=O)O)ccc(OCC2=C(c3ccc([S+](C)[O-])cc3)CCC2)c1C. The maximum absolute atomic E-state index is 11.6. The smallest absolute Gasteiger partial charge is 0.303 e. The molecule has 0 amide bonds. The van der Waals surface area contributed by atoms with Crippen LogP contribution in [0.5, 0.6) is 5.75 Å². The molecular formula is C24H28O4S. The molecule has 1 aliphatic carbocycles. The number of aryl methyl sites for hydroxylation is 1. The summed E-state index contributed by atoms with van der Waals surface area (Å²) in [6.45, 7) is 4.62. The molecule has 5 heteroatoms. The summed E-state index contributed by atoms with van der Waals surface area (Å²) >= 11 is -0.960. The highest BCUT2D eigenvalue weighted by Crippen LogP contribution is 2.35. The molecule has 0 fully saturated rings. The predicted octanol–water partition coefficient (Wildman–Crippen LogP) is 5.07. The van der Waals surface area contributed by atoms with Crippen molar-refractivity contribution in [3.63, 3.8) is 0 Å². The van der Waals surface area contributed by atoms with Gasteiger partial charge in [0.2, 0.25) is 0 Å². The van der Waals surface area contributed by atoms with Gasteiger partial charge in [-0.1, -0.05) is 6.07 Å². The second kappa shape index (κ2) is 9.51. The van der Waals surface area contributed by atoms with E-state index in [2.05, 4.69) is 12.1 Å². The number of hydrogen-bond donors (Lipinski definition) is 1. The molecule has 4 nitrogen and oxygen atoms in total. The van der Waals surface area contributed by atoms with Crippen LogP contribution < -0.4 is 4.74 Å². The number of rotatable bonds is 8. The molecule has 0 bridgehead atoms. The molecule has 1 atom stereocenters. The zero-order valence-electron chi connectivity index (χ0n) is 17.3. The number of carbonyl (C=O) groups is 1. The lowest BCUT2D eigenvalue weighted by Crippen LogP contribution is -2.05. The Kier molecular flexibility index (Phi) is 7.04. The van der Waals surface area contributed by atoms with Crippen molar-refractivity contribution in [3.05, 3.63) is 64.2 Å². The van der Waals surface area contributed by atoms with Crippen LogP contribution in [0.2, 0.25) is 0 Å². The Labute approximate surface area is 175 Å². The molecule has 0 aromatic heterocycles. The number of aliphatic carboxylic acids is 1. The van der Waals surface area contributed by atoms with Crippen LogP contribution in [0, 0.1) is 13.8 Å². The Bertz CT molecular complexity index is 913. The van der Waals surface area contributed by atoms with E-state index in [1.165, 1.54) is 16.7 Å². The molecule has 1 N–H and O–H groups in total. The molecule has 0 spiro atoms. The van der Waals surface area contributed by atoms with Crippen molar-refractivity contribution in [1.82, 2.24) is 0 Å². The molecule has 3 rings (SSSR count). The fourth-order valence-electron chi connectivity index (χ4n) is 3.85. The first kappa shape index (κ1) is 21.5. The third kappa shape index (κ3) is 5.22. The Hall–Kier alpha value is -2.24. The summed E-state index contributed by atoms with van der Waals surface area (Å²) < 4.78 is 17.8. The number of ether oxygens (including phenoxy) is 1. The predicted molar refractivity (Wildman–Crippen MR) is 117 cm³/mol. The highest BCUT2D eigenvalue weighted by atomic mass is 32.2. The standard InChI is InChI=1S/C24H28O4S/c1-16-17(2)23(13-9-18(16)10-14-24(25)26)28-15-20-5-4-6-22(20)19-7-11-21(12-8-19)29(3)27/h7-9,11-13H,4-6,10,14-15H2,1-3H3,(H,25,26).